The van der Waals surface area contributed by atoms with Crippen LogP contribution in [0.25, 0.3) is 11.8 Å². The second kappa shape index (κ2) is 10.6. The third kappa shape index (κ3) is 5.53. The van der Waals surface area contributed by atoms with Gasteiger partial charge in [0.25, 0.3) is 0 Å². The number of cyclic esters (lactones) is 1. The Hall–Kier alpha value is -3.47. The zero-order valence-corrected chi connectivity index (χ0v) is 20.0. The molecule has 0 amide bonds. The summed E-state index contributed by atoms with van der Waals surface area (Å²) in [5.74, 6) is 1.26. The van der Waals surface area contributed by atoms with Crippen molar-refractivity contribution in [2.24, 2.45) is 0 Å². The quantitative estimate of drug-likeness (QED) is 0.188. The van der Waals surface area contributed by atoms with Gasteiger partial charge in [0, 0.05) is 21.2 Å². The Morgan fingerprint density at radius 1 is 1.00 bits per heavy atom. The third-order valence-corrected chi connectivity index (χ3v) is 5.71. The number of benzene rings is 3. The van der Waals surface area contributed by atoms with Crippen molar-refractivity contribution >= 4 is 41.0 Å². The fraction of sp³-hybridized carbons (Fsp3) is 0.107. The van der Waals surface area contributed by atoms with Crippen LogP contribution in [0.1, 0.15) is 22.3 Å². The number of rotatable bonds is 8. The van der Waals surface area contributed by atoms with Crippen molar-refractivity contribution in [3.05, 3.63) is 117 Å². The zero-order chi connectivity index (χ0) is 24.1. The van der Waals surface area contributed by atoms with E-state index < -0.39 is 5.97 Å². The highest BCUT2D eigenvalue weighted by Crippen LogP contribution is 2.36. The number of carbonyl (C=O) groups excluding carboxylic acids is 1. The SMILES string of the molecule is C=CCc1cc(/C=C2\C=C(c3ccc(Cl)cc3)OC2=O)cc(OC)c1OCc1ccc(Cl)cc1. The van der Waals surface area contributed by atoms with Crippen LogP contribution in [0.15, 0.2) is 85.0 Å². The minimum absolute atomic E-state index is 0.359. The molecule has 0 unspecified atom stereocenters. The van der Waals surface area contributed by atoms with Crippen molar-refractivity contribution in [3.8, 4) is 11.5 Å². The van der Waals surface area contributed by atoms with E-state index in [-0.39, 0.29) is 0 Å². The molecule has 0 aromatic heterocycles. The molecule has 4 rings (SSSR count). The normalized spacial score (nSPS) is 14.0. The number of ether oxygens (including phenoxy) is 3. The van der Waals surface area contributed by atoms with Gasteiger partial charge in [-0.2, -0.15) is 0 Å². The molecule has 3 aromatic carbocycles. The van der Waals surface area contributed by atoms with Crippen LogP contribution in [0.3, 0.4) is 0 Å². The average Bonchev–Trinajstić information content (AvgIpc) is 3.19. The fourth-order valence-corrected chi connectivity index (χ4v) is 3.80. The van der Waals surface area contributed by atoms with E-state index >= 15 is 0 Å². The lowest BCUT2D eigenvalue weighted by atomic mass is 10.0. The predicted octanol–water partition coefficient (Wildman–Crippen LogP) is 7.29. The predicted molar refractivity (Wildman–Crippen MR) is 136 cm³/mol. The third-order valence-electron chi connectivity index (χ3n) is 5.21. The Kier molecular flexibility index (Phi) is 7.41. The number of hydrogen-bond donors (Lipinski definition) is 0. The molecule has 0 bridgehead atoms. The average molecular weight is 493 g/mol. The topological polar surface area (TPSA) is 44.8 Å². The van der Waals surface area contributed by atoms with Crippen molar-refractivity contribution in [2.75, 3.05) is 7.11 Å². The number of esters is 1. The molecule has 0 atom stereocenters. The zero-order valence-electron chi connectivity index (χ0n) is 18.5. The largest absolute Gasteiger partial charge is 0.493 e. The standard InChI is InChI=1S/C28H22Cl2O4/c1-3-4-21-13-19(14-22-16-25(34-28(22)31)20-7-11-24(30)12-8-20)15-26(32-2)27(21)33-17-18-5-9-23(29)10-6-18/h3,5-16H,1,4,17H2,2H3/b22-14+. The molecule has 0 aliphatic carbocycles. The Morgan fingerprint density at radius 2 is 1.68 bits per heavy atom. The molecule has 6 heteroatoms. The molecule has 4 nitrogen and oxygen atoms in total. The summed E-state index contributed by atoms with van der Waals surface area (Å²) in [6.45, 7) is 4.21. The van der Waals surface area contributed by atoms with Gasteiger partial charge in [0.15, 0.2) is 11.5 Å². The monoisotopic (exact) mass is 492 g/mol. The van der Waals surface area contributed by atoms with E-state index in [1.165, 1.54) is 0 Å². The summed E-state index contributed by atoms with van der Waals surface area (Å²) in [4.78, 5) is 12.5. The van der Waals surface area contributed by atoms with Gasteiger partial charge in [-0.3, -0.25) is 0 Å². The summed E-state index contributed by atoms with van der Waals surface area (Å²) in [6, 6.07) is 18.4. The molecule has 0 saturated heterocycles. The van der Waals surface area contributed by atoms with Crippen LogP contribution in [0.4, 0.5) is 0 Å². The van der Waals surface area contributed by atoms with E-state index in [0.717, 1.165) is 22.3 Å². The van der Waals surface area contributed by atoms with Crippen LogP contribution >= 0.6 is 23.2 Å². The van der Waals surface area contributed by atoms with Gasteiger partial charge in [0.05, 0.1) is 12.7 Å². The highest BCUT2D eigenvalue weighted by atomic mass is 35.5. The molecule has 1 heterocycles. The number of carbonyl (C=O) groups is 1. The van der Waals surface area contributed by atoms with E-state index in [4.69, 9.17) is 37.4 Å². The fourth-order valence-electron chi connectivity index (χ4n) is 3.55. The molecule has 34 heavy (non-hydrogen) atoms. The number of halogens is 2. The number of methoxy groups -OCH3 is 1. The lowest BCUT2D eigenvalue weighted by Gasteiger charge is -2.16. The van der Waals surface area contributed by atoms with Crippen LogP contribution in [0, 0.1) is 0 Å². The first-order chi connectivity index (χ1) is 16.5. The van der Waals surface area contributed by atoms with Gasteiger partial charge in [0.1, 0.15) is 12.4 Å². The number of hydrogen-bond acceptors (Lipinski definition) is 4. The minimum Gasteiger partial charge on any atom is -0.493 e. The van der Waals surface area contributed by atoms with Crippen LogP contribution < -0.4 is 9.47 Å². The van der Waals surface area contributed by atoms with Crippen molar-refractivity contribution in [3.63, 3.8) is 0 Å². The summed E-state index contributed by atoms with van der Waals surface area (Å²) in [5.41, 5.74) is 3.87. The summed E-state index contributed by atoms with van der Waals surface area (Å²) < 4.78 is 17.2. The van der Waals surface area contributed by atoms with Crippen LogP contribution in [-0.4, -0.2) is 13.1 Å². The van der Waals surface area contributed by atoms with Gasteiger partial charge in [-0.15, -0.1) is 6.58 Å². The molecule has 1 aliphatic heterocycles. The summed E-state index contributed by atoms with van der Waals surface area (Å²) in [6.07, 6.45) is 5.85. The first kappa shape index (κ1) is 23.7. The Morgan fingerprint density at radius 3 is 2.32 bits per heavy atom. The second-order valence-electron chi connectivity index (χ2n) is 7.62. The lowest BCUT2D eigenvalue weighted by Crippen LogP contribution is -2.02. The van der Waals surface area contributed by atoms with Crippen LogP contribution in [-0.2, 0) is 22.6 Å². The lowest BCUT2D eigenvalue weighted by molar-refractivity contribution is -0.130. The first-order valence-corrected chi connectivity index (χ1v) is 11.3. The highest BCUT2D eigenvalue weighted by Gasteiger charge is 2.22. The van der Waals surface area contributed by atoms with Gasteiger partial charge in [-0.1, -0.05) is 41.4 Å². The highest BCUT2D eigenvalue weighted by molar-refractivity contribution is 6.30. The maximum Gasteiger partial charge on any atom is 0.343 e. The number of allylic oxidation sites excluding steroid dienone is 1. The van der Waals surface area contributed by atoms with Crippen molar-refractivity contribution < 1.29 is 19.0 Å². The maximum absolute atomic E-state index is 12.5. The van der Waals surface area contributed by atoms with Gasteiger partial charge in [-0.25, -0.2) is 4.79 Å². The minimum atomic E-state index is -0.419. The van der Waals surface area contributed by atoms with E-state index in [0.29, 0.717) is 45.9 Å². The molecular formula is C28H22Cl2O4. The van der Waals surface area contributed by atoms with Gasteiger partial charge in [0.2, 0.25) is 0 Å². The van der Waals surface area contributed by atoms with E-state index in [1.54, 1.807) is 37.5 Å². The van der Waals surface area contributed by atoms with Gasteiger partial charge >= 0.3 is 5.97 Å². The Labute approximate surface area is 208 Å². The Bertz CT molecular complexity index is 1270. The van der Waals surface area contributed by atoms with Crippen molar-refractivity contribution in [1.82, 2.24) is 0 Å². The van der Waals surface area contributed by atoms with Crippen molar-refractivity contribution in [2.45, 2.75) is 13.0 Å². The summed E-state index contributed by atoms with van der Waals surface area (Å²) in [7, 11) is 1.58. The smallest absolute Gasteiger partial charge is 0.343 e. The Balaban J connectivity index is 1.64. The maximum atomic E-state index is 12.5. The van der Waals surface area contributed by atoms with Crippen LogP contribution in [0.2, 0.25) is 10.0 Å². The summed E-state index contributed by atoms with van der Waals surface area (Å²) in [5, 5.41) is 1.29. The molecule has 0 radical (unpaired) electrons. The first-order valence-electron chi connectivity index (χ1n) is 10.6. The molecule has 0 N–H and O–H groups in total. The van der Waals surface area contributed by atoms with E-state index in [2.05, 4.69) is 6.58 Å². The molecule has 0 saturated carbocycles. The molecule has 0 spiro atoms. The van der Waals surface area contributed by atoms with Gasteiger partial charge in [-0.05, 0) is 78.2 Å². The van der Waals surface area contributed by atoms with Crippen molar-refractivity contribution in [1.29, 1.82) is 0 Å². The summed E-state index contributed by atoms with van der Waals surface area (Å²) >= 11 is 11.9. The van der Waals surface area contributed by atoms with Gasteiger partial charge < -0.3 is 14.2 Å². The van der Waals surface area contributed by atoms with E-state index in [9.17, 15) is 4.79 Å². The van der Waals surface area contributed by atoms with Crippen LogP contribution in [0.5, 0.6) is 11.5 Å². The second-order valence-corrected chi connectivity index (χ2v) is 8.50. The molecule has 172 valence electrons. The molecule has 3 aromatic rings. The van der Waals surface area contributed by atoms with E-state index in [1.807, 2.05) is 48.5 Å². The molecular weight excluding hydrogens is 471 g/mol. The molecule has 1 aliphatic rings. The molecule has 0 fully saturated rings.